The van der Waals surface area contributed by atoms with E-state index in [1.807, 2.05) is 19.0 Å². The predicted molar refractivity (Wildman–Crippen MR) is 111 cm³/mol. The molecule has 0 unspecified atom stereocenters. The molecule has 0 atom stereocenters. The molecule has 1 aromatic carbocycles. The summed E-state index contributed by atoms with van der Waals surface area (Å²) in [7, 11) is 0.125. The molecule has 29 heavy (non-hydrogen) atoms. The molecule has 160 valence electrons. The summed E-state index contributed by atoms with van der Waals surface area (Å²) in [5, 5.41) is 2.79. The number of fused-ring (bicyclic) bond motifs is 1. The molecule has 1 fully saturated rings. The van der Waals surface area contributed by atoms with Crippen LogP contribution in [0.2, 0.25) is 0 Å². The minimum absolute atomic E-state index is 0.117. The summed E-state index contributed by atoms with van der Waals surface area (Å²) < 4.78 is 32.5. The van der Waals surface area contributed by atoms with E-state index in [2.05, 4.69) is 5.32 Å². The molecule has 2 amide bonds. The van der Waals surface area contributed by atoms with Gasteiger partial charge in [-0.25, -0.2) is 8.42 Å². The van der Waals surface area contributed by atoms with Gasteiger partial charge in [-0.3, -0.25) is 9.59 Å². The Balaban J connectivity index is 1.81. The maximum atomic E-state index is 13.0. The molecule has 0 saturated carbocycles. The Morgan fingerprint density at radius 2 is 2.00 bits per heavy atom. The van der Waals surface area contributed by atoms with Gasteiger partial charge in [0.15, 0.2) is 0 Å². The Morgan fingerprint density at radius 3 is 2.69 bits per heavy atom. The predicted octanol–water partition coefficient (Wildman–Crippen LogP) is -0.176. The Labute approximate surface area is 175 Å². The number of nitrogens with one attached hydrogen (secondary N) is 1. The smallest absolute Gasteiger partial charge is 0.243 e. The maximum absolute atomic E-state index is 13.0. The molecule has 2 heterocycles. The van der Waals surface area contributed by atoms with Gasteiger partial charge in [-0.05, 0) is 32.3 Å². The number of sulfonamides is 1. The van der Waals surface area contributed by atoms with E-state index in [1.165, 1.54) is 27.0 Å². The number of hydrogen-bond donors (Lipinski definition) is 1. The van der Waals surface area contributed by atoms with Crippen molar-refractivity contribution in [2.24, 2.45) is 0 Å². The van der Waals surface area contributed by atoms with Gasteiger partial charge in [-0.15, -0.1) is 11.8 Å². The second-order valence-electron chi connectivity index (χ2n) is 7.07. The number of hydrogen-bond acceptors (Lipinski definition) is 7. The number of morpholine rings is 1. The Bertz CT molecular complexity index is 869. The highest BCUT2D eigenvalue weighted by molar-refractivity contribution is 8.00. The van der Waals surface area contributed by atoms with Gasteiger partial charge in [0.2, 0.25) is 21.8 Å². The van der Waals surface area contributed by atoms with Crippen molar-refractivity contribution in [2.45, 2.75) is 9.79 Å². The molecule has 0 bridgehead atoms. The number of benzene rings is 1. The van der Waals surface area contributed by atoms with E-state index in [-0.39, 0.29) is 29.0 Å². The third-order valence-corrected chi connectivity index (χ3v) is 7.61. The summed E-state index contributed by atoms with van der Waals surface area (Å²) in [5.74, 6) is -0.279. The van der Waals surface area contributed by atoms with E-state index in [4.69, 9.17) is 4.74 Å². The lowest BCUT2D eigenvalue weighted by molar-refractivity contribution is -0.123. The van der Waals surface area contributed by atoms with Gasteiger partial charge < -0.3 is 19.9 Å². The minimum Gasteiger partial charge on any atom is -0.379 e. The fraction of sp³-hybridized carbons (Fsp3) is 0.556. The zero-order valence-corrected chi connectivity index (χ0v) is 18.2. The number of nitrogens with zero attached hydrogens (tertiary/aromatic N) is 3. The molecule has 1 aromatic rings. The number of amides is 2. The molecule has 2 aliphatic heterocycles. The summed E-state index contributed by atoms with van der Waals surface area (Å²) in [6.07, 6.45) is 0. The van der Waals surface area contributed by atoms with Crippen LogP contribution in [0.3, 0.4) is 0 Å². The van der Waals surface area contributed by atoms with Crippen molar-refractivity contribution in [3.63, 3.8) is 0 Å². The van der Waals surface area contributed by atoms with Crippen LogP contribution in [0.4, 0.5) is 5.69 Å². The van der Waals surface area contributed by atoms with Crippen molar-refractivity contribution in [3.8, 4) is 0 Å². The Hall–Kier alpha value is -1.66. The van der Waals surface area contributed by atoms with Gasteiger partial charge in [-0.2, -0.15) is 4.31 Å². The van der Waals surface area contributed by atoms with Gasteiger partial charge in [-0.1, -0.05) is 0 Å². The first-order valence-electron chi connectivity index (χ1n) is 9.35. The lowest BCUT2D eigenvalue weighted by atomic mass is 10.2. The second-order valence-corrected chi connectivity index (χ2v) is 10.0. The van der Waals surface area contributed by atoms with Crippen molar-refractivity contribution in [2.75, 3.05) is 70.7 Å². The topological polar surface area (TPSA) is 99.3 Å². The first-order chi connectivity index (χ1) is 13.8. The zero-order chi connectivity index (χ0) is 21.0. The fourth-order valence-corrected chi connectivity index (χ4v) is 5.41. The summed E-state index contributed by atoms with van der Waals surface area (Å²) in [6, 6.07) is 4.76. The van der Waals surface area contributed by atoms with E-state index >= 15 is 0 Å². The SMILES string of the molecule is CN(C)CCNC(=O)CN1C(=O)CSc2ccc(S(=O)(=O)N3CCOCC3)cc21. The van der Waals surface area contributed by atoms with E-state index < -0.39 is 10.0 Å². The van der Waals surface area contributed by atoms with Gasteiger partial charge in [0.1, 0.15) is 6.54 Å². The van der Waals surface area contributed by atoms with E-state index in [0.717, 1.165) is 4.90 Å². The Kier molecular flexibility index (Phi) is 7.17. The highest BCUT2D eigenvalue weighted by Gasteiger charge is 2.31. The summed E-state index contributed by atoms with van der Waals surface area (Å²) in [6.45, 7) is 2.33. The molecule has 11 heteroatoms. The number of rotatable bonds is 7. The minimum atomic E-state index is -3.69. The standard InChI is InChI=1S/C18H26N4O5S2/c1-20(2)6-5-19-17(23)12-22-15-11-14(3-4-16(15)28-13-18(22)24)29(25,26)21-7-9-27-10-8-21/h3-4,11H,5-10,12-13H2,1-2H3,(H,19,23). The molecule has 3 rings (SSSR count). The van der Waals surface area contributed by atoms with Gasteiger partial charge >= 0.3 is 0 Å². The lowest BCUT2D eigenvalue weighted by Crippen LogP contribution is -2.44. The third-order valence-electron chi connectivity index (χ3n) is 4.66. The van der Waals surface area contributed by atoms with E-state index in [1.54, 1.807) is 12.1 Å². The second kappa shape index (κ2) is 9.43. The van der Waals surface area contributed by atoms with Gasteiger partial charge in [0, 0.05) is 31.1 Å². The fourth-order valence-electron chi connectivity index (χ4n) is 3.07. The molecule has 0 aromatic heterocycles. The number of carbonyl (C=O) groups excluding carboxylic acids is 2. The molecular weight excluding hydrogens is 416 g/mol. The van der Waals surface area contributed by atoms with Crippen molar-refractivity contribution in [1.29, 1.82) is 0 Å². The van der Waals surface area contributed by atoms with Crippen LogP contribution in [0.25, 0.3) is 0 Å². The van der Waals surface area contributed by atoms with E-state index in [0.29, 0.717) is 45.1 Å². The number of thioether (sulfide) groups is 1. The zero-order valence-electron chi connectivity index (χ0n) is 16.6. The van der Waals surface area contributed by atoms with Crippen LogP contribution in [-0.2, 0) is 24.3 Å². The molecule has 2 aliphatic rings. The van der Waals surface area contributed by atoms with Crippen LogP contribution in [0, 0.1) is 0 Å². The highest BCUT2D eigenvalue weighted by Crippen LogP contribution is 2.37. The maximum Gasteiger partial charge on any atom is 0.243 e. The normalized spacial score (nSPS) is 18.0. The molecule has 0 spiro atoms. The number of ether oxygens (including phenoxy) is 1. The molecule has 1 N–H and O–H groups in total. The lowest BCUT2D eigenvalue weighted by Gasteiger charge is -2.30. The van der Waals surface area contributed by atoms with Gasteiger partial charge in [0.25, 0.3) is 0 Å². The Morgan fingerprint density at radius 1 is 1.28 bits per heavy atom. The highest BCUT2D eigenvalue weighted by atomic mass is 32.2. The number of carbonyl (C=O) groups is 2. The van der Waals surface area contributed by atoms with Crippen molar-refractivity contribution < 1.29 is 22.7 Å². The van der Waals surface area contributed by atoms with Crippen LogP contribution in [0.1, 0.15) is 0 Å². The molecule has 0 aliphatic carbocycles. The van der Waals surface area contributed by atoms with Crippen LogP contribution in [0.15, 0.2) is 28.0 Å². The van der Waals surface area contributed by atoms with Crippen LogP contribution >= 0.6 is 11.8 Å². The van der Waals surface area contributed by atoms with E-state index in [9.17, 15) is 18.0 Å². The summed E-state index contributed by atoms with van der Waals surface area (Å²) in [5.41, 5.74) is 0.461. The molecule has 1 saturated heterocycles. The third kappa shape index (κ3) is 5.28. The summed E-state index contributed by atoms with van der Waals surface area (Å²) >= 11 is 1.35. The molecule has 0 radical (unpaired) electrons. The van der Waals surface area contributed by atoms with Crippen LogP contribution in [0.5, 0.6) is 0 Å². The average Bonchev–Trinajstić information content (AvgIpc) is 2.70. The number of anilines is 1. The largest absolute Gasteiger partial charge is 0.379 e. The van der Waals surface area contributed by atoms with Crippen LogP contribution in [-0.4, -0.2) is 95.2 Å². The average molecular weight is 443 g/mol. The van der Waals surface area contributed by atoms with Crippen molar-refractivity contribution in [3.05, 3.63) is 18.2 Å². The number of likely N-dealkylation sites (N-methyl/N-ethyl adjacent to an activating group) is 1. The monoisotopic (exact) mass is 442 g/mol. The molecular formula is C18H26N4O5S2. The first-order valence-corrected chi connectivity index (χ1v) is 11.8. The van der Waals surface area contributed by atoms with Crippen LogP contribution < -0.4 is 10.2 Å². The van der Waals surface area contributed by atoms with Gasteiger partial charge in [0.05, 0.1) is 29.5 Å². The summed E-state index contributed by atoms with van der Waals surface area (Å²) in [4.78, 5) is 29.0. The van der Waals surface area contributed by atoms with Crippen molar-refractivity contribution >= 4 is 39.3 Å². The quantitative estimate of drug-likeness (QED) is 0.626. The first kappa shape index (κ1) is 22.0. The molecule has 9 nitrogen and oxygen atoms in total. The van der Waals surface area contributed by atoms with Crippen molar-refractivity contribution in [1.82, 2.24) is 14.5 Å².